The van der Waals surface area contributed by atoms with E-state index >= 15 is 0 Å². The van der Waals surface area contributed by atoms with Gasteiger partial charge in [0.15, 0.2) is 5.69 Å². The number of carbonyl (C=O) groups is 1. The highest BCUT2D eigenvalue weighted by Gasteiger charge is 2.07. The van der Waals surface area contributed by atoms with Crippen LogP contribution in [0.25, 0.3) is 0 Å². The van der Waals surface area contributed by atoms with Crippen LogP contribution in [0.5, 0.6) is 0 Å². The van der Waals surface area contributed by atoms with Crippen LogP contribution in [0.3, 0.4) is 0 Å². The third kappa shape index (κ3) is 4.27. The summed E-state index contributed by atoms with van der Waals surface area (Å²) in [4.78, 5) is 11.4. The molecule has 0 radical (unpaired) electrons. The van der Waals surface area contributed by atoms with E-state index in [9.17, 15) is 4.79 Å². The predicted molar refractivity (Wildman–Crippen MR) is 83.4 cm³/mol. The van der Waals surface area contributed by atoms with Gasteiger partial charge in [0.1, 0.15) is 5.82 Å². The number of amides is 1. The van der Waals surface area contributed by atoms with Crippen molar-refractivity contribution in [2.75, 3.05) is 18.9 Å². The van der Waals surface area contributed by atoms with E-state index in [4.69, 9.17) is 0 Å². The molecule has 2 N–H and O–H groups in total. The second-order valence-electron chi connectivity index (χ2n) is 4.91. The van der Waals surface area contributed by atoms with Crippen LogP contribution in [-0.2, 0) is 0 Å². The topological polar surface area (TPSA) is 66.9 Å². The van der Waals surface area contributed by atoms with Crippen LogP contribution in [-0.4, -0.2) is 29.7 Å². The standard InChI is InChI=1S/C16H20N4O/c1-12(13-6-4-3-5-7-13)10-11-18-15-9-8-14(19-20-15)16(21)17-2/h3-9,12H,10-11H2,1-2H3,(H,17,21)(H,18,20). The molecule has 1 atom stereocenters. The molecule has 5 heteroatoms. The van der Waals surface area contributed by atoms with Gasteiger partial charge in [0.05, 0.1) is 0 Å². The molecule has 0 aliphatic rings. The average Bonchev–Trinajstić information content (AvgIpc) is 2.55. The van der Waals surface area contributed by atoms with E-state index in [0.717, 1.165) is 13.0 Å². The largest absolute Gasteiger partial charge is 0.369 e. The van der Waals surface area contributed by atoms with Crippen molar-refractivity contribution in [1.82, 2.24) is 15.5 Å². The molecule has 2 rings (SSSR count). The molecule has 1 unspecified atom stereocenters. The number of hydrogen-bond donors (Lipinski definition) is 2. The third-order valence-corrected chi connectivity index (χ3v) is 3.38. The van der Waals surface area contributed by atoms with Crippen LogP contribution >= 0.6 is 0 Å². The van der Waals surface area contributed by atoms with Crippen molar-refractivity contribution in [2.24, 2.45) is 0 Å². The molecular formula is C16H20N4O. The van der Waals surface area contributed by atoms with Crippen molar-refractivity contribution in [3.8, 4) is 0 Å². The Morgan fingerprint density at radius 1 is 1.14 bits per heavy atom. The van der Waals surface area contributed by atoms with E-state index in [1.54, 1.807) is 19.2 Å². The summed E-state index contributed by atoms with van der Waals surface area (Å²) in [7, 11) is 1.57. The van der Waals surface area contributed by atoms with Gasteiger partial charge in [-0.2, -0.15) is 0 Å². The highest BCUT2D eigenvalue weighted by atomic mass is 16.1. The zero-order chi connectivity index (χ0) is 15.1. The number of hydrogen-bond acceptors (Lipinski definition) is 4. The van der Waals surface area contributed by atoms with Crippen LogP contribution in [0, 0.1) is 0 Å². The van der Waals surface area contributed by atoms with Gasteiger partial charge in [0.2, 0.25) is 0 Å². The Hall–Kier alpha value is -2.43. The highest BCUT2D eigenvalue weighted by Crippen LogP contribution is 2.18. The van der Waals surface area contributed by atoms with Gasteiger partial charge in [-0.15, -0.1) is 10.2 Å². The Morgan fingerprint density at radius 2 is 1.90 bits per heavy atom. The Balaban J connectivity index is 1.82. The molecule has 5 nitrogen and oxygen atoms in total. The van der Waals surface area contributed by atoms with Gasteiger partial charge in [-0.05, 0) is 30.0 Å². The molecule has 0 saturated heterocycles. The Bertz CT molecular complexity index is 569. The number of carbonyl (C=O) groups excluding carboxylic acids is 1. The summed E-state index contributed by atoms with van der Waals surface area (Å²) in [5, 5.41) is 13.6. The SMILES string of the molecule is CNC(=O)c1ccc(NCCC(C)c2ccccc2)nn1. The second-order valence-corrected chi connectivity index (χ2v) is 4.91. The third-order valence-electron chi connectivity index (χ3n) is 3.38. The molecule has 1 heterocycles. The molecule has 0 bridgehead atoms. The van der Waals surface area contributed by atoms with Gasteiger partial charge >= 0.3 is 0 Å². The molecular weight excluding hydrogens is 264 g/mol. The summed E-state index contributed by atoms with van der Waals surface area (Å²) < 4.78 is 0. The lowest BCUT2D eigenvalue weighted by Crippen LogP contribution is -2.19. The first-order valence-electron chi connectivity index (χ1n) is 7.05. The normalized spacial score (nSPS) is 11.7. The average molecular weight is 284 g/mol. The number of benzene rings is 1. The highest BCUT2D eigenvalue weighted by molar-refractivity contribution is 5.91. The van der Waals surface area contributed by atoms with Crippen LogP contribution < -0.4 is 10.6 Å². The van der Waals surface area contributed by atoms with E-state index in [2.05, 4.69) is 52.0 Å². The minimum atomic E-state index is -0.230. The Kier molecular flexibility index (Phi) is 5.26. The van der Waals surface area contributed by atoms with Gasteiger partial charge in [0.25, 0.3) is 5.91 Å². The minimum Gasteiger partial charge on any atom is -0.369 e. The zero-order valence-corrected chi connectivity index (χ0v) is 12.3. The van der Waals surface area contributed by atoms with Gasteiger partial charge in [-0.3, -0.25) is 4.79 Å². The van der Waals surface area contributed by atoms with Crippen molar-refractivity contribution in [3.63, 3.8) is 0 Å². The molecule has 0 saturated carbocycles. The Morgan fingerprint density at radius 3 is 2.52 bits per heavy atom. The van der Waals surface area contributed by atoms with Crippen molar-refractivity contribution >= 4 is 11.7 Å². The number of nitrogens with one attached hydrogen (secondary N) is 2. The second kappa shape index (κ2) is 7.38. The summed E-state index contributed by atoms with van der Waals surface area (Å²) in [5.41, 5.74) is 1.65. The molecule has 1 aromatic heterocycles. The lowest BCUT2D eigenvalue weighted by atomic mass is 9.98. The molecule has 0 aliphatic carbocycles. The Labute approximate surface area is 124 Å². The van der Waals surface area contributed by atoms with Crippen LogP contribution in [0.15, 0.2) is 42.5 Å². The fraction of sp³-hybridized carbons (Fsp3) is 0.312. The molecule has 2 aromatic rings. The number of anilines is 1. The van der Waals surface area contributed by atoms with Crippen molar-refractivity contribution < 1.29 is 4.79 Å². The van der Waals surface area contributed by atoms with E-state index in [1.807, 2.05) is 6.07 Å². The summed E-state index contributed by atoms with van der Waals surface area (Å²) in [6.45, 7) is 3.02. The number of nitrogens with zero attached hydrogens (tertiary/aromatic N) is 2. The minimum absolute atomic E-state index is 0.230. The zero-order valence-electron chi connectivity index (χ0n) is 12.3. The summed E-state index contributed by atoms with van der Waals surface area (Å²) in [6, 6.07) is 13.9. The van der Waals surface area contributed by atoms with Crippen LogP contribution in [0.4, 0.5) is 5.82 Å². The first-order valence-corrected chi connectivity index (χ1v) is 7.05. The molecule has 1 aromatic carbocycles. The van der Waals surface area contributed by atoms with Crippen LogP contribution in [0.1, 0.15) is 35.3 Å². The molecule has 0 spiro atoms. The van der Waals surface area contributed by atoms with E-state index in [0.29, 0.717) is 17.4 Å². The molecule has 110 valence electrons. The molecule has 1 amide bonds. The summed E-state index contributed by atoms with van der Waals surface area (Å²) >= 11 is 0. The van der Waals surface area contributed by atoms with Gasteiger partial charge in [0, 0.05) is 13.6 Å². The smallest absolute Gasteiger partial charge is 0.271 e. The van der Waals surface area contributed by atoms with Crippen molar-refractivity contribution in [1.29, 1.82) is 0 Å². The molecule has 21 heavy (non-hydrogen) atoms. The molecule has 0 fully saturated rings. The van der Waals surface area contributed by atoms with Gasteiger partial charge < -0.3 is 10.6 Å². The van der Waals surface area contributed by atoms with E-state index in [-0.39, 0.29) is 5.91 Å². The van der Waals surface area contributed by atoms with E-state index in [1.165, 1.54) is 5.56 Å². The fourth-order valence-corrected chi connectivity index (χ4v) is 2.04. The monoisotopic (exact) mass is 284 g/mol. The quantitative estimate of drug-likeness (QED) is 0.855. The summed E-state index contributed by atoms with van der Waals surface area (Å²) in [6.07, 6.45) is 1.00. The maximum atomic E-state index is 11.4. The van der Waals surface area contributed by atoms with Crippen LogP contribution in [0.2, 0.25) is 0 Å². The number of rotatable bonds is 6. The van der Waals surface area contributed by atoms with Gasteiger partial charge in [-0.1, -0.05) is 37.3 Å². The lowest BCUT2D eigenvalue weighted by molar-refractivity contribution is 0.0957. The van der Waals surface area contributed by atoms with Crippen molar-refractivity contribution in [2.45, 2.75) is 19.3 Å². The maximum Gasteiger partial charge on any atom is 0.271 e. The van der Waals surface area contributed by atoms with Gasteiger partial charge in [-0.25, -0.2) is 0 Å². The van der Waals surface area contributed by atoms with E-state index < -0.39 is 0 Å². The molecule has 0 aliphatic heterocycles. The predicted octanol–water partition coefficient (Wildman–Crippen LogP) is 2.44. The first-order chi connectivity index (χ1) is 10.2. The summed E-state index contributed by atoms with van der Waals surface area (Å²) in [5.74, 6) is 0.937. The maximum absolute atomic E-state index is 11.4. The lowest BCUT2D eigenvalue weighted by Gasteiger charge is -2.12. The van der Waals surface area contributed by atoms with Crippen molar-refractivity contribution in [3.05, 3.63) is 53.7 Å². The first kappa shape index (κ1) is 15.0. The number of aromatic nitrogens is 2. The fourth-order valence-electron chi connectivity index (χ4n) is 2.04.